The van der Waals surface area contributed by atoms with Crippen LogP contribution in [0, 0.1) is 5.92 Å². The molecule has 25 heavy (non-hydrogen) atoms. The van der Waals surface area contributed by atoms with Crippen LogP contribution in [-0.4, -0.2) is 33.2 Å². The minimum atomic E-state index is -1.06. The summed E-state index contributed by atoms with van der Waals surface area (Å²) in [4.78, 5) is 18.8. The molecule has 1 amide bonds. The second kappa shape index (κ2) is 8.38. The Kier molecular flexibility index (Phi) is 6.71. The highest BCUT2D eigenvalue weighted by atomic mass is 35.5. The van der Waals surface area contributed by atoms with Crippen LogP contribution in [0.2, 0.25) is 5.15 Å². The van der Waals surface area contributed by atoms with Crippen molar-refractivity contribution < 1.29 is 13.6 Å². The zero-order chi connectivity index (χ0) is 18.7. The van der Waals surface area contributed by atoms with E-state index < -0.39 is 10.8 Å². The highest BCUT2D eigenvalue weighted by molar-refractivity contribution is 7.84. The van der Waals surface area contributed by atoms with E-state index in [1.807, 2.05) is 44.5 Å². The SMILES string of the molecule is CCN(C(=O)C(C)C(C)S(C)=O)c1sc(-c2cccnc2)[n+](C)c1Cl. The molecule has 0 spiro atoms. The van der Waals surface area contributed by atoms with Crippen LogP contribution in [0.1, 0.15) is 20.8 Å². The van der Waals surface area contributed by atoms with Crippen molar-refractivity contribution in [3.05, 3.63) is 29.7 Å². The van der Waals surface area contributed by atoms with Crippen LogP contribution < -0.4 is 9.47 Å². The minimum absolute atomic E-state index is 0.0633. The van der Waals surface area contributed by atoms with Crippen LogP contribution in [0.5, 0.6) is 0 Å². The number of thiazole rings is 1. The van der Waals surface area contributed by atoms with Crippen molar-refractivity contribution in [3.8, 4) is 10.6 Å². The van der Waals surface area contributed by atoms with Crippen molar-refractivity contribution in [1.29, 1.82) is 0 Å². The lowest BCUT2D eigenvalue weighted by atomic mass is 10.1. The number of anilines is 1. The number of carbonyl (C=O) groups excluding carboxylic acids is 1. The Labute approximate surface area is 160 Å². The average molecular weight is 401 g/mol. The monoisotopic (exact) mass is 400 g/mol. The standard InChI is InChI=1S/C17H23ClN3O2S2/c1-6-21(15(22)11(2)12(3)25(5)23)17-14(18)20(4)16(24-17)13-8-7-9-19-10-13/h7-12H,6H2,1-5H3/q+1. The number of pyridine rings is 1. The molecule has 5 nitrogen and oxygen atoms in total. The summed E-state index contributed by atoms with van der Waals surface area (Å²) in [7, 11) is 0.810. The summed E-state index contributed by atoms with van der Waals surface area (Å²) in [6, 6.07) is 3.83. The van der Waals surface area contributed by atoms with E-state index in [1.54, 1.807) is 23.5 Å². The zero-order valence-corrected chi connectivity index (χ0v) is 17.4. The maximum absolute atomic E-state index is 12.9. The average Bonchev–Trinajstić information content (AvgIpc) is 2.90. The first-order valence-corrected chi connectivity index (χ1v) is 10.8. The predicted molar refractivity (Wildman–Crippen MR) is 104 cm³/mol. The normalized spacial score (nSPS) is 14.8. The fraction of sp³-hybridized carbons (Fsp3) is 0.471. The largest absolute Gasteiger partial charge is 0.310 e. The van der Waals surface area contributed by atoms with Crippen molar-refractivity contribution in [3.63, 3.8) is 0 Å². The molecule has 3 unspecified atom stereocenters. The smallest absolute Gasteiger partial charge is 0.297 e. The predicted octanol–water partition coefficient (Wildman–Crippen LogP) is 3.04. The summed E-state index contributed by atoms with van der Waals surface area (Å²) in [5.74, 6) is -0.414. The molecule has 2 heterocycles. The van der Waals surface area contributed by atoms with Gasteiger partial charge in [-0.1, -0.05) is 13.8 Å². The maximum Gasteiger partial charge on any atom is 0.310 e. The third kappa shape index (κ3) is 4.10. The molecule has 0 aliphatic heterocycles. The molecular weight excluding hydrogens is 378 g/mol. The van der Waals surface area contributed by atoms with E-state index in [0.717, 1.165) is 10.6 Å². The van der Waals surface area contributed by atoms with Gasteiger partial charge in [0, 0.05) is 47.2 Å². The summed E-state index contributed by atoms with van der Waals surface area (Å²) in [6.45, 7) is 6.07. The van der Waals surface area contributed by atoms with Gasteiger partial charge in [-0.05, 0) is 42.0 Å². The van der Waals surface area contributed by atoms with Gasteiger partial charge >= 0.3 is 5.15 Å². The molecule has 0 radical (unpaired) electrons. The van der Waals surface area contributed by atoms with Gasteiger partial charge in [0.2, 0.25) is 5.91 Å². The van der Waals surface area contributed by atoms with E-state index in [2.05, 4.69) is 4.98 Å². The van der Waals surface area contributed by atoms with Crippen LogP contribution in [-0.2, 0) is 22.6 Å². The number of rotatable bonds is 6. The molecular formula is C17H23ClN3O2S2+. The van der Waals surface area contributed by atoms with E-state index >= 15 is 0 Å². The topological polar surface area (TPSA) is 54.2 Å². The third-order valence-electron chi connectivity index (χ3n) is 4.32. The number of hydrogen-bond donors (Lipinski definition) is 0. The van der Waals surface area contributed by atoms with Gasteiger partial charge in [0.1, 0.15) is 7.05 Å². The summed E-state index contributed by atoms with van der Waals surface area (Å²) in [5, 5.41) is 1.93. The van der Waals surface area contributed by atoms with Crippen LogP contribution in [0.4, 0.5) is 5.00 Å². The lowest BCUT2D eigenvalue weighted by Gasteiger charge is -2.24. The fourth-order valence-electron chi connectivity index (χ4n) is 2.48. The molecule has 0 saturated carbocycles. The Morgan fingerprint density at radius 2 is 2.16 bits per heavy atom. The van der Waals surface area contributed by atoms with Crippen molar-refractivity contribution in [1.82, 2.24) is 4.98 Å². The Balaban J connectivity index is 2.42. The van der Waals surface area contributed by atoms with Gasteiger partial charge in [0.05, 0.1) is 5.56 Å². The first kappa shape index (κ1) is 20.0. The second-order valence-electron chi connectivity index (χ2n) is 5.88. The number of aromatic nitrogens is 2. The summed E-state index contributed by atoms with van der Waals surface area (Å²) >= 11 is 7.99. The summed E-state index contributed by atoms with van der Waals surface area (Å²) in [5.41, 5.74) is 0.947. The lowest BCUT2D eigenvalue weighted by Crippen LogP contribution is -2.40. The molecule has 0 bridgehead atoms. The molecule has 2 aromatic rings. The minimum Gasteiger partial charge on any atom is -0.297 e. The van der Waals surface area contributed by atoms with Crippen molar-refractivity contribution in [2.24, 2.45) is 13.0 Å². The Morgan fingerprint density at radius 1 is 1.48 bits per heavy atom. The molecule has 0 aliphatic rings. The van der Waals surface area contributed by atoms with Crippen LogP contribution in [0.3, 0.4) is 0 Å². The maximum atomic E-state index is 12.9. The molecule has 0 N–H and O–H groups in total. The first-order chi connectivity index (χ1) is 11.8. The highest BCUT2D eigenvalue weighted by Crippen LogP contribution is 2.36. The first-order valence-electron chi connectivity index (χ1n) is 8.01. The Bertz CT molecular complexity index is 780. The number of hydrogen-bond acceptors (Lipinski definition) is 4. The van der Waals surface area contributed by atoms with E-state index in [9.17, 15) is 9.00 Å². The Hall–Kier alpha value is -1.31. The van der Waals surface area contributed by atoms with Crippen molar-refractivity contribution >= 4 is 44.6 Å². The quantitative estimate of drug-likeness (QED) is 0.700. The van der Waals surface area contributed by atoms with Gasteiger partial charge in [0.15, 0.2) is 5.00 Å². The summed E-state index contributed by atoms with van der Waals surface area (Å²) < 4.78 is 13.6. The van der Waals surface area contributed by atoms with Gasteiger partial charge in [-0.25, -0.2) is 0 Å². The van der Waals surface area contributed by atoms with Crippen molar-refractivity contribution in [2.45, 2.75) is 26.0 Å². The second-order valence-corrected chi connectivity index (χ2v) is 8.96. The van der Waals surface area contributed by atoms with Crippen LogP contribution >= 0.6 is 22.9 Å². The molecule has 0 aromatic carbocycles. The third-order valence-corrected chi connectivity index (χ3v) is 7.63. The molecule has 3 atom stereocenters. The summed E-state index contributed by atoms with van der Waals surface area (Å²) in [6.07, 6.45) is 5.12. The van der Waals surface area contributed by atoms with Gasteiger partial charge in [-0.15, -0.1) is 0 Å². The van der Waals surface area contributed by atoms with E-state index in [0.29, 0.717) is 16.7 Å². The van der Waals surface area contributed by atoms with Crippen LogP contribution in [0.15, 0.2) is 24.5 Å². The van der Waals surface area contributed by atoms with E-state index in [1.165, 1.54) is 11.3 Å². The Morgan fingerprint density at radius 3 is 2.68 bits per heavy atom. The van der Waals surface area contributed by atoms with E-state index in [-0.39, 0.29) is 17.1 Å². The molecule has 136 valence electrons. The van der Waals surface area contributed by atoms with Gasteiger partial charge in [-0.3, -0.25) is 18.9 Å². The van der Waals surface area contributed by atoms with Gasteiger partial charge < -0.3 is 0 Å². The molecule has 2 rings (SSSR count). The number of carbonyl (C=O) groups is 1. The molecule has 0 fully saturated rings. The van der Waals surface area contributed by atoms with Crippen LogP contribution in [0.25, 0.3) is 10.6 Å². The molecule has 2 aromatic heterocycles. The highest BCUT2D eigenvalue weighted by Gasteiger charge is 2.33. The number of amides is 1. The fourth-order valence-corrected chi connectivity index (χ4v) is 4.72. The van der Waals surface area contributed by atoms with E-state index in [4.69, 9.17) is 11.6 Å². The van der Waals surface area contributed by atoms with Gasteiger partial charge in [0.25, 0.3) is 5.01 Å². The molecule has 8 heteroatoms. The van der Waals surface area contributed by atoms with Crippen molar-refractivity contribution in [2.75, 3.05) is 17.7 Å². The zero-order valence-electron chi connectivity index (χ0n) is 15.0. The number of halogens is 1. The molecule has 0 aliphatic carbocycles. The number of nitrogens with zero attached hydrogens (tertiary/aromatic N) is 3. The lowest BCUT2D eigenvalue weighted by molar-refractivity contribution is -0.653. The van der Waals surface area contributed by atoms with Gasteiger partial charge in [-0.2, -0.15) is 4.57 Å². The molecule has 0 saturated heterocycles.